The minimum Gasteiger partial charge on any atom is -0.382 e. The smallest absolute Gasteiger partial charge is 0.253 e. The van der Waals surface area contributed by atoms with Crippen LogP contribution in [0.25, 0.3) is 0 Å². The molecule has 0 atom stereocenters. The van der Waals surface area contributed by atoms with Gasteiger partial charge < -0.3 is 10.2 Å². The zero-order chi connectivity index (χ0) is 15.1. The number of carbonyl (C=O) groups is 1. The van der Waals surface area contributed by atoms with Crippen LogP contribution in [0.15, 0.2) is 18.2 Å². The zero-order valence-corrected chi connectivity index (χ0v) is 13.5. The predicted molar refractivity (Wildman–Crippen MR) is 86.4 cm³/mol. The molecule has 1 rings (SSSR count). The van der Waals surface area contributed by atoms with Crippen molar-refractivity contribution in [2.24, 2.45) is 0 Å². The Balaban J connectivity index is 2.92. The zero-order valence-electron chi connectivity index (χ0n) is 13.5. The molecule has 1 N–H and O–H groups in total. The summed E-state index contributed by atoms with van der Waals surface area (Å²) in [5, 5.41) is 3.61. The summed E-state index contributed by atoms with van der Waals surface area (Å²) in [7, 11) is 3.57. The van der Waals surface area contributed by atoms with Gasteiger partial charge in [-0.25, -0.2) is 0 Å². The van der Waals surface area contributed by atoms with Gasteiger partial charge in [-0.15, -0.1) is 0 Å². The van der Waals surface area contributed by atoms with Crippen molar-refractivity contribution in [3.05, 3.63) is 29.3 Å². The molecule has 0 aliphatic heterocycles. The third-order valence-electron chi connectivity index (χ3n) is 3.52. The molecule has 3 nitrogen and oxygen atoms in total. The van der Waals surface area contributed by atoms with Crippen LogP contribution in [-0.2, 0) is 0 Å². The van der Waals surface area contributed by atoms with Crippen molar-refractivity contribution in [2.45, 2.75) is 52.5 Å². The molecule has 0 aliphatic carbocycles. The number of carbonyl (C=O) groups excluding carboxylic acids is 1. The van der Waals surface area contributed by atoms with Crippen LogP contribution in [0.5, 0.6) is 0 Å². The Labute approximate surface area is 123 Å². The van der Waals surface area contributed by atoms with Gasteiger partial charge in [0.15, 0.2) is 0 Å². The lowest BCUT2D eigenvalue weighted by Crippen LogP contribution is -2.23. The van der Waals surface area contributed by atoms with Crippen LogP contribution in [0.2, 0.25) is 0 Å². The first kappa shape index (κ1) is 16.5. The van der Waals surface area contributed by atoms with E-state index in [0.717, 1.165) is 11.3 Å². The van der Waals surface area contributed by atoms with Gasteiger partial charge in [-0.1, -0.05) is 32.8 Å². The second-order valence-corrected chi connectivity index (χ2v) is 5.65. The van der Waals surface area contributed by atoms with Crippen LogP contribution in [0.4, 0.5) is 5.69 Å². The topological polar surface area (TPSA) is 32.3 Å². The molecule has 0 unspecified atom stereocenters. The Morgan fingerprint density at radius 3 is 2.30 bits per heavy atom. The maximum Gasteiger partial charge on any atom is 0.253 e. The number of anilines is 1. The Morgan fingerprint density at radius 2 is 1.80 bits per heavy atom. The van der Waals surface area contributed by atoms with Crippen LogP contribution in [0.3, 0.4) is 0 Å². The van der Waals surface area contributed by atoms with Crippen molar-refractivity contribution >= 4 is 11.6 Å². The largest absolute Gasteiger partial charge is 0.382 e. The van der Waals surface area contributed by atoms with Crippen molar-refractivity contribution in [1.82, 2.24) is 4.90 Å². The molecule has 112 valence electrons. The number of nitrogens with zero attached hydrogens (tertiary/aromatic N) is 1. The van der Waals surface area contributed by atoms with E-state index in [1.165, 1.54) is 31.2 Å². The molecule has 0 saturated heterocycles. The van der Waals surface area contributed by atoms with Crippen LogP contribution in [0.1, 0.15) is 55.5 Å². The van der Waals surface area contributed by atoms with Gasteiger partial charge in [0.25, 0.3) is 5.91 Å². The molecule has 1 aromatic rings. The van der Waals surface area contributed by atoms with E-state index < -0.39 is 0 Å². The highest BCUT2D eigenvalue weighted by Crippen LogP contribution is 2.21. The quantitative estimate of drug-likeness (QED) is 0.814. The molecule has 20 heavy (non-hydrogen) atoms. The molecule has 3 heteroatoms. The van der Waals surface area contributed by atoms with Crippen molar-refractivity contribution in [3.8, 4) is 0 Å². The average molecular weight is 276 g/mol. The molecule has 0 aromatic heterocycles. The van der Waals surface area contributed by atoms with Crippen LogP contribution < -0.4 is 5.32 Å². The standard InChI is InChI=1S/C17H28N2O/c1-6-8-15(9-7-2)18-16-12-14(11-10-13(16)3)17(20)19(4)5/h10-12,15,18H,6-9H2,1-5H3. The summed E-state index contributed by atoms with van der Waals surface area (Å²) in [4.78, 5) is 13.7. The second kappa shape index (κ2) is 7.93. The Hall–Kier alpha value is -1.51. The Morgan fingerprint density at radius 1 is 1.20 bits per heavy atom. The summed E-state index contributed by atoms with van der Waals surface area (Å²) >= 11 is 0. The lowest BCUT2D eigenvalue weighted by atomic mass is 10.0. The van der Waals surface area contributed by atoms with Gasteiger partial charge >= 0.3 is 0 Å². The number of benzene rings is 1. The van der Waals surface area contributed by atoms with Crippen LogP contribution >= 0.6 is 0 Å². The molecule has 0 saturated carbocycles. The lowest BCUT2D eigenvalue weighted by molar-refractivity contribution is 0.0827. The van der Waals surface area contributed by atoms with Gasteiger partial charge in [0.1, 0.15) is 0 Å². The number of nitrogens with one attached hydrogen (secondary N) is 1. The Kier molecular flexibility index (Phi) is 6.56. The number of hydrogen-bond donors (Lipinski definition) is 1. The highest BCUT2D eigenvalue weighted by Gasteiger charge is 2.12. The number of hydrogen-bond acceptors (Lipinski definition) is 2. The first-order valence-electron chi connectivity index (χ1n) is 7.58. The fourth-order valence-electron chi connectivity index (χ4n) is 2.37. The van der Waals surface area contributed by atoms with Gasteiger partial charge in [-0.2, -0.15) is 0 Å². The molecule has 0 heterocycles. The highest BCUT2D eigenvalue weighted by atomic mass is 16.2. The minimum atomic E-state index is 0.0515. The number of rotatable bonds is 7. The van der Waals surface area contributed by atoms with E-state index in [-0.39, 0.29) is 5.91 Å². The van der Waals surface area contributed by atoms with E-state index in [1.54, 1.807) is 19.0 Å². The molecule has 0 bridgehead atoms. The molecule has 0 spiro atoms. The Bertz CT molecular complexity index is 435. The molecule has 0 radical (unpaired) electrons. The van der Waals surface area contributed by atoms with Gasteiger partial charge in [-0.3, -0.25) is 4.79 Å². The third kappa shape index (κ3) is 4.55. The first-order valence-corrected chi connectivity index (χ1v) is 7.58. The summed E-state index contributed by atoms with van der Waals surface area (Å²) in [5.41, 5.74) is 3.02. The van der Waals surface area contributed by atoms with Crippen molar-refractivity contribution in [1.29, 1.82) is 0 Å². The normalized spacial score (nSPS) is 10.7. The fourth-order valence-corrected chi connectivity index (χ4v) is 2.37. The maximum atomic E-state index is 12.0. The fraction of sp³-hybridized carbons (Fsp3) is 0.588. The SMILES string of the molecule is CCCC(CCC)Nc1cc(C(=O)N(C)C)ccc1C. The van der Waals surface area contributed by atoms with Gasteiger partial charge in [-0.05, 0) is 37.5 Å². The van der Waals surface area contributed by atoms with Crippen LogP contribution in [0, 0.1) is 6.92 Å². The van der Waals surface area contributed by atoms with Crippen molar-refractivity contribution in [3.63, 3.8) is 0 Å². The maximum absolute atomic E-state index is 12.0. The van der Waals surface area contributed by atoms with Crippen molar-refractivity contribution in [2.75, 3.05) is 19.4 Å². The van der Waals surface area contributed by atoms with Gasteiger partial charge in [0, 0.05) is 31.4 Å². The summed E-state index contributed by atoms with van der Waals surface area (Å²) < 4.78 is 0. The summed E-state index contributed by atoms with van der Waals surface area (Å²) in [6.07, 6.45) is 4.68. The number of aryl methyl sites for hydroxylation is 1. The molecule has 0 fully saturated rings. The average Bonchev–Trinajstić information content (AvgIpc) is 2.41. The van der Waals surface area contributed by atoms with E-state index in [1.807, 2.05) is 18.2 Å². The minimum absolute atomic E-state index is 0.0515. The number of amides is 1. The van der Waals surface area contributed by atoms with E-state index in [2.05, 4.69) is 26.1 Å². The van der Waals surface area contributed by atoms with E-state index in [0.29, 0.717) is 6.04 Å². The molecular weight excluding hydrogens is 248 g/mol. The third-order valence-corrected chi connectivity index (χ3v) is 3.52. The van der Waals surface area contributed by atoms with Gasteiger partial charge in [0.2, 0.25) is 0 Å². The van der Waals surface area contributed by atoms with E-state index in [9.17, 15) is 4.79 Å². The van der Waals surface area contributed by atoms with Crippen LogP contribution in [-0.4, -0.2) is 30.9 Å². The monoisotopic (exact) mass is 276 g/mol. The second-order valence-electron chi connectivity index (χ2n) is 5.65. The molecular formula is C17H28N2O. The van der Waals surface area contributed by atoms with E-state index >= 15 is 0 Å². The first-order chi connectivity index (χ1) is 9.49. The summed E-state index contributed by atoms with van der Waals surface area (Å²) in [5.74, 6) is 0.0515. The molecule has 1 amide bonds. The van der Waals surface area contributed by atoms with Gasteiger partial charge in [0.05, 0.1) is 0 Å². The highest BCUT2D eigenvalue weighted by molar-refractivity contribution is 5.95. The molecule has 1 aromatic carbocycles. The summed E-state index contributed by atoms with van der Waals surface area (Å²) in [6.45, 7) is 6.51. The van der Waals surface area contributed by atoms with E-state index in [4.69, 9.17) is 0 Å². The lowest BCUT2D eigenvalue weighted by Gasteiger charge is -2.21. The summed E-state index contributed by atoms with van der Waals surface area (Å²) in [6, 6.07) is 6.40. The predicted octanol–water partition coefficient (Wildman–Crippen LogP) is 4.08. The molecule has 0 aliphatic rings. The van der Waals surface area contributed by atoms with Crippen molar-refractivity contribution < 1.29 is 4.79 Å².